The number of halogens is 3. The highest BCUT2D eigenvalue weighted by molar-refractivity contribution is 5.70. The van der Waals surface area contributed by atoms with Gasteiger partial charge in [0, 0.05) is 5.69 Å². The van der Waals surface area contributed by atoms with Crippen LogP contribution in [0.25, 0.3) is 0 Å². The lowest BCUT2D eigenvalue weighted by Crippen LogP contribution is -2.38. The monoisotopic (exact) mass is 247 g/mol. The molecule has 17 heavy (non-hydrogen) atoms. The number of nitrogens with one attached hydrogen (secondary N) is 1. The molecule has 0 aliphatic heterocycles. The molecule has 0 spiro atoms. The van der Waals surface area contributed by atoms with E-state index in [1.54, 1.807) is 18.2 Å². The molecule has 0 aromatic heterocycles. The van der Waals surface area contributed by atoms with Crippen LogP contribution in [0.1, 0.15) is 6.42 Å². The van der Waals surface area contributed by atoms with E-state index in [0.717, 1.165) is 7.11 Å². The number of carbonyl (C=O) groups excluding carboxylic acids is 1. The molecule has 1 aromatic rings. The second-order valence-electron chi connectivity index (χ2n) is 3.38. The van der Waals surface area contributed by atoms with Crippen molar-refractivity contribution in [1.29, 1.82) is 0 Å². The van der Waals surface area contributed by atoms with Gasteiger partial charge in [0.25, 0.3) is 0 Å². The SMILES string of the molecule is COC(=O)C[C@@H](Nc1ccccc1)C(F)(F)F. The zero-order chi connectivity index (χ0) is 12.9. The number of ether oxygens (including phenoxy) is 1. The smallest absolute Gasteiger partial charge is 0.409 e. The van der Waals surface area contributed by atoms with Crippen molar-refractivity contribution in [3.63, 3.8) is 0 Å². The Bertz CT molecular complexity index is 365. The number of carbonyl (C=O) groups is 1. The summed E-state index contributed by atoms with van der Waals surface area (Å²) in [5.41, 5.74) is 0.304. The van der Waals surface area contributed by atoms with Crippen molar-refractivity contribution >= 4 is 11.7 Å². The summed E-state index contributed by atoms with van der Waals surface area (Å²) in [6, 6.07) is 5.94. The van der Waals surface area contributed by atoms with Crippen LogP contribution >= 0.6 is 0 Å². The number of benzene rings is 1. The molecule has 0 amide bonds. The topological polar surface area (TPSA) is 38.3 Å². The van der Waals surface area contributed by atoms with E-state index in [2.05, 4.69) is 10.1 Å². The minimum absolute atomic E-state index is 0.304. The first-order valence-electron chi connectivity index (χ1n) is 4.88. The summed E-state index contributed by atoms with van der Waals surface area (Å²) in [5, 5.41) is 2.26. The van der Waals surface area contributed by atoms with Crippen LogP contribution in [0.3, 0.4) is 0 Å². The summed E-state index contributed by atoms with van der Waals surface area (Å²) in [7, 11) is 1.05. The lowest BCUT2D eigenvalue weighted by atomic mass is 10.2. The van der Waals surface area contributed by atoms with Crippen molar-refractivity contribution in [2.24, 2.45) is 0 Å². The molecule has 0 fully saturated rings. The highest BCUT2D eigenvalue weighted by atomic mass is 19.4. The van der Waals surface area contributed by atoms with E-state index in [4.69, 9.17) is 0 Å². The molecular formula is C11H12F3NO2. The van der Waals surface area contributed by atoms with E-state index >= 15 is 0 Å². The fraction of sp³-hybridized carbons (Fsp3) is 0.364. The lowest BCUT2D eigenvalue weighted by Gasteiger charge is -2.21. The highest BCUT2D eigenvalue weighted by Gasteiger charge is 2.41. The fourth-order valence-corrected chi connectivity index (χ4v) is 1.23. The average Bonchev–Trinajstić information content (AvgIpc) is 2.28. The molecule has 0 saturated heterocycles. The molecule has 0 bridgehead atoms. The molecule has 0 heterocycles. The van der Waals surface area contributed by atoms with E-state index in [1.165, 1.54) is 12.1 Å². The predicted molar refractivity (Wildman–Crippen MR) is 56.5 cm³/mol. The van der Waals surface area contributed by atoms with Crippen molar-refractivity contribution in [1.82, 2.24) is 0 Å². The van der Waals surface area contributed by atoms with Crippen LogP contribution in [-0.2, 0) is 9.53 Å². The van der Waals surface area contributed by atoms with Gasteiger partial charge in [-0.05, 0) is 12.1 Å². The average molecular weight is 247 g/mol. The third-order valence-corrected chi connectivity index (χ3v) is 2.11. The van der Waals surface area contributed by atoms with Crippen LogP contribution < -0.4 is 5.32 Å². The minimum Gasteiger partial charge on any atom is -0.469 e. The molecular weight excluding hydrogens is 235 g/mol. The maximum atomic E-state index is 12.6. The van der Waals surface area contributed by atoms with Gasteiger partial charge in [0.1, 0.15) is 6.04 Å². The van der Waals surface area contributed by atoms with E-state index in [9.17, 15) is 18.0 Å². The molecule has 0 unspecified atom stereocenters. The fourth-order valence-electron chi connectivity index (χ4n) is 1.23. The second-order valence-corrected chi connectivity index (χ2v) is 3.38. The second kappa shape index (κ2) is 5.56. The molecule has 6 heteroatoms. The molecule has 1 N–H and O–H groups in total. The Morgan fingerprint density at radius 3 is 2.41 bits per heavy atom. The summed E-state index contributed by atoms with van der Waals surface area (Å²) in [5.74, 6) is -0.907. The normalized spacial score (nSPS) is 12.9. The van der Waals surface area contributed by atoms with E-state index < -0.39 is 24.6 Å². The maximum Gasteiger partial charge on any atom is 0.409 e. The molecule has 1 aromatic carbocycles. The highest BCUT2D eigenvalue weighted by Crippen LogP contribution is 2.26. The van der Waals surface area contributed by atoms with Crippen molar-refractivity contribution in [2.75, 3.05) is 12.4 Å². The van der Waals surface area contributed by atoms with Crippen LogP contribution in [0.15, 0.2) is 30.3 Å². The number of alkyl halides is 3. The molecule has 0 saturated carbocycles. The number of para-hydroxylation sites is 1. The van der Waals surface area contributed by atoms with Gasteiger partial charge in [0.2, 0.25) is 0 Å². The molecule has 1 rings (SSSR count). The maximum absolute atomic E-state index is 12.6. The van der Waals surface area contributed by atoms with Crippen molar-refractivity contribution in [2.45, 2.75) is 18.6 Å². The van der Waals surface area contributed by atoms with Crippen molar-refractivity contribution in [3.8, 4) is 0 Å². The van der Waals surface area contributed by atoms with Gasteiger partial charge >= 0.3 is 12.1 Å². The number of anilines is 1. The van der Waals surface area contributed by atoms with Crippen molar-refractivity contribution in [3.05, 3.63) is 30.3 Å². The van der Waals surface area contributed by atoms with E-state index in [1.807, 2.05) is 0 Å². The third kappa shape index (κ3) is 4.34. The van der Waals surface area contributed by atoms with Crippen LogP contribution in [-0.4, -0.2) is 25.3 Å². The van der Waals surface area contributed by atoms with Gasteiger partial charge in [-0.15, -0.1) is 0 Å². The summed E-state index contributed by atoms with van der Waals surface area (Å²) >= 11 is 0. The first-order chi connectivity index (χ1) is 7.93. The number of esters is 1. The van der Waals surface area contributed by atoms with Gasteiger partial charge in [-0.25, -0.2) is 0 Å². The van der Waals surface area contributed by atoms with Gasteiger partial charge < -0.3 is 10.1 Å². The van der Waals surface area contributed by atoms with Gasteiger partial charge in [-0.3, -0.25) is 4.79 Å². The number of hydrogen-bond donors (Lipinski definition) is 1. The molecule has 1 atom stereocenters. The summed E-state index contributed by atoms with van der Waals surface area (Å²) in [4.78, 5) is 10.9. The summed E-state index contributed by atoms with van der Waals surface area (Å²) < 4.78 is 42.1. The first kappa shape index (κ1) is 13.3. The number of methoxy groups -OCH3 is 1. The Hall–Kier alpha value is -1.72. The molecule has 3 nitrogen and oxygen atoms in total. The standard InChI is InChI=1S/C11H12F3NO2/c1-17-10(16)7-9(11(12,13)14)15-8-5-3-2-4-6-8/h2-6,9,15H,7H2,1H3/t9-/m1/s1. The zero-order valence-electron chi connectivity index (χ0n) is 9.12. The Labute approximate surface area is 96.6 Å². The van der Waals surface area contributed by atoms with E-state index in [0.29, 0.717) is 5.69 Å². The summed E-state index contributed by atoms with van der Waals surface area (Å²) in [6.07, 6.45) is -5.26. The van der Waals surface area contributed by atoms with Gasteiger partial charge in [-0.2, -0.15) is 13.2 Å². The Morgan fingerprint density at radius 2 is 1.94 bits per heavy atom. The Kier molecular flexibility index (Phi) is 4.37. The Morgan fingerprint density at radius 1 is 1.35 bits per heavy atom. The third-order valence-electron chi connectivity index (χ3n) is 2.11. The summed E-state index contributed by atoms with van der Waals surface area (Å²) in [6.45, 7) is 0. The molecule has 0 radical (unpaired) electrons. The van der Waals surface area contributed by atoms with Crippen LogP contribution in [0.5, 0.6) is 0 Å². The Balaban J connectivity index is 2.75. The number of rotatable bonds is 4. The first-order valence-corrected chi connectivity index (χ1v) is 4.88. The molecule has 94 valence electrons. The molecule has 0 aliphatic carbocycles. The molecule has 0 aliphatic rings. The largest absolute Gasteiger partial charge is 0.469 e. The van der Waals surface area contributed by atoms with Gasteiger partial charge in [0.05, 0.1) is 13.5 Å². The van der Waals surface area contributed by atoms with Crippen molar-refractivity contribution < 1.29 is 22.7 Å². The predicted octanol–water partition coefficient (Wildman–Crippen LogP) is 2.59. The van der Waals surface area contributed by atoms with Crippen LogP contribution in [0.2, 0.25) is 0 Å². The minimum atomic E-state index is -4.51. The quantitative estimate of drug-likeness (QED) is 0.831. The lowest BCUT2D eigenvalue weighted by molar-refractivity contribution is -0.159. The van der Waals surface area contributed by atoms with Crippen LogP contribution in [0.4, 0.5) is 18.9 Å². The van der Waals surface area contributed by atoms with Gasteiger partial charge in [-0.1, -0.05) is 18.2 Å². The van der Waals surface area contributed by atoms with Gasteiger partial charge in [0.15, 0.2) is 0 Å². The van der Waals surface area contributed by atoms with Crippen LogP contribution in [0, 0.1) is 0 Å². The number of hydrogen-bond acceptors (Lipinski definition) is 3. The zero-order valence-corrected chi connectivity index (χ0v) is 9.12. The van der Waals surface area contributed by atoms with E-state index in [-0.39, 0.29) is 0 Å².